The molecule has 0 bridgehead atoms. The summed E-state index contributed by atoms with van der Waals surface area (Å²) in [4.78, 5) is 25.2. The van der Waals surface area contributed by atoms with Crippen LogP contribution in [-0.2, 0) is 16.0 Å². The Morgan fingerprint density at radius 3 is 2.53 bits per heavy atom. The van der Waals surface area contributed by atoms with Gasteiger partial charge in [-0.2, -0.15) is 13.2 Å². The number of alkyl halides is 3. The number of carboxylic acid groups (broad SMARTS) is 1. The minimum absolute atomic E-state index is 0.212. The standard InChI is InChI=1S/C10H8ClF3N2O3/c11-6-1-5(3-15-4-6)2-7(8(17)18)16-9(19)10(12,13)14/h1,3-4,7H,2H2,(H,16,19)(H,17,18). The fourth-order valence-corrected chi connectivity index (χ4v) is 1.44. The summed E-state index contributed by atoms with van der Waals surface area (Å²) in [7, 11) is 0. The van der Waals surface area contributed by atoms with Gasteiger partial charge in [0.1, 0.15) is 6.04 Å². The van der Waals surface area contributed by atoms with Crippen LogP contribution < -0.4 is 5.32 Å². The normalized spacial score (nSPS) is 12.8. The molecule has 0 radical (unpaired) electrons. The number of carbonyl (C=O) groups is 2. The molecule has 1 atom stereocenters. The van der Waals surface area contributed by atoms with Crippen molar-refractivity contribution in [2.75, 3.05) is 0 Å². The zero-order valence-electron chi connectivity index (χ0n) is 9.24. The molecule has 104 valence electrons. The smallest absolute Gasteiger partial charge is 0.471 e. The van der Waals surface area contributed by atoms with Crippen LogP contribution in [0, 0.1) is 0 Å². The molecule has 0 aliphatic carbocycles. The lowest BCUT2D eigenvalue weighted by atomic mass is 10.1. The van der Waals surface area contributed by atoms with E-state index in [0.717, 1.165) is 0 Å². The molecule has 0 saturated heterocycles. The van der Waals surface area contributed by atoms with Gasteiger partial charge < -0.3 is 10.4 Å². The molecule has 1 rings (SSSR count). The Balaban J connectivity index is 2.80. The quantitative estimate of drug-likeness (QED) is 0.880. The minimum Gasteiger partial charge on any atom is -0.480 e. The van der Waals surface area contributed by atoms with Crippen molar-refractivity contribution in [3.8, 4) is 0 Å². The molecule has 1 heterocycles. The zero-order chi connectivity index (χ0) is 14.6. The number of rotatable bonds is 4. The number of amides is 1. The van der Waals surface area contributed by atoms with E-state index in [1.54, 1.807) is 0 Å². The predicted molar refractivity (Wildman–Crippen MR) is 58.6 cm³/mol. The van der Waals surface area contributed by atoms with Gasteiger partial charge in [-0.15, -0.1) is 0 Å². The van der Waals surface area contributed by atoms with Gasteiger partial charge in [0.05, 0.1) is 5.02 Å². The van der Waals surface area contributed by atoms with E-state index in [-0.39, 0.29) is 11.4 Å². The van der Waals surface area contributed by atoms with E-state index in [2.05, 4.69) is 4.98 Å². The van der Waals surface area contributed by atoms with Crippen LogP contribution in [0.15, 0.2) is 18.5 Å². The maximum atomic E-state index is 12.0. The summed E-state index contributed by atoms with van der Waals surface area (Å²) in [5.41, 5.74) is 0.294. The van der Waals surface area contributed by atoms with Crippen molar-refractivity contribution in [1.29, 1.82) is 0 Å². The van der Waals surface area contributed by atoms with E-state index >= 15 is 0 Å². The lowest BCUT2D eigenvalue weighted by Crippen LogP contribution is -2.47. The lowest BCUT2D eigenvalue weighted by Gasteiger charge is -2.15. The lowest BCUT2D eigenvalue weighted by molar-refractivity contribution is -0.175. The first-order chi connectivity index (χ1) is 8.70. The second-order valence-electron chi connectivity index (χ2n) is 3.58. The fraction of sp³-hybridized carbons (Fsp3) is 0.300. The number of aliphatic carboxylic acids is 1. The molecule has 19 heavy (non-hydrogen) atoms. The number of hydrogen-bond acceptors (Lipinski definition) is 3. The van der Waals surface area contributed by atoms with Crippen LogP contribution in [-0.4, -0.2) is 34.2 Å². The third-order valence-corrected chi connectivity index (χ3v) is 2.27. The Labute approximate surface area is 110 Å². The van der Waals surface area contributed by atoms with Crippen molar-refractivity contribution in [3.05, 3.63) is 29.0 Å². The van der Waals surface area contributed by atoms with Gasteiger partial charge in [-0.3, -0.25) is 9.78 Å². The molecule has 1 aromatic heterocycles. The van der Waals surface area contributed by atoms with Gasteiger partial charge in [0.25, 0.3) is 0 Å². The molecule has 0 aliphatic rings. The van der Waals surface area contributed by atoms with Crippen molar-refractivity contribution in [1.82, 2.24) is 10.3 Å². The number of aromatic nitrogens is 1. The molecule has 0 aromatic carbocycles. The summed E-state index contributed by atoms with van der Waals surface area (Å²) in [5.74, 6) is -3.90. The average molecular weight is 297 g/mol. The average Bonchev–Trinajstić information content (AvgIpc) is 2.26. The molecule has 5 nitrogen and oxygen atoms in total. The van der Waals surface area contributed by atoms with Crippen molar-refractivity contribution in [2.45, 2.75) is 18.6 Å². The molecule has 0 aliphatic heterocycles. The monoisotopic (exact) mass is 296 g/mol. The van der Waals surface area contributed by atoms with Crippen molar-refractivity contribution < 1.29 is 27.9 Å². The van der Waals surface area contributed by atoms with Gasteiger partial charge in [-0.1, -0.05) is 11.6 Å². The maximum Gasteiger partial charge on any atom is 0.471 e. The number of nitrogens with one attached hydrogen (secondary N) is 1. The van der Waals surface area contributed by atoms with E-state index in [4.69, 9.17) is 16.7 Å². The number of pyridine rings is 1. The molecule has 9 heteroatoms. The largest absolute Gasteiger partial charge is 0.480 e. The van der Waals surface area contributed by atoms with Gasteiger partial charge in [0, 0.05) is 18.8 Å². The Morgan fingerprint density at radius 2 is 2.05 bits per heavy atom. The van der Waals surface area contributed by atoms with E-state index in [1.807, 2.05) is 0 Å². The molecular weight excluding hydrogens is 289 g/mol. The van der Waals surface area contributed by atoms with Crippen molar-refractivity contribution in [2.24, 2.45) is 0 Å². The van der Waals surface area contributed by atoms with Crippen LogP contribution >= 0.6 is 11.6 Å². The highest BCUT2D eigenvalue weighted by molar-refractivity contribution is 6.30. The molecule has 1 amide bonds. The molecule has 0 saturated carbocycles. The summed E-state index contributed by atoms with van der Waals surface area (Å²) in [6.45, 7) is 0. The topological polar surface area (TPSA) is 79.3 Å². The van der Waals surface area contributed by atoms with E-state index in [9.17, 15) is 22.8 Å². The maximum absolute atomic E-state index is 12.0. The first-order valence-corrected chi connectivity index (χ1v) is 5.28. The van der Waals surface area contributed by atoms with Crippen LogP contribution in [0.5, 0.6) is 0 Å². The highest BCUT2D eigenvalue weighted by atomic mass is 35.5. The highest BCUT2D eigenvalue weighted by Crippen LogP contribution is 2.16. The summed E-state index contributed by atoms with van der Waals surface area (Å²) in [6.07, 6.45) is -2.96. The summed E-state index contributed by atoms with van der Waals surface area (Å²) in [6, 6.07) is -0.362. The molecule has 0 spiro atoms. The Bertz CT molecular complexity index is 493. The Kier molecular flexibility index (Phi) is 4.71. The van der Waals surface area contributed by atoms with Gasteiger partial charge in [0.15, 0.2) is 0 Å². The van der Waals surface area contributed by atoms with Gasteiger partial charge in [-0.05, 0) is 11.6 Å². The molecule has 2 N–H and O–H groups in total. The van der Waals surface area contributed by atoms with E-state index in [1.165, 1.54) is 23.8 Å². The van der Waals surface area contributed by atoms with Crippen molar-refractivity contribution >= 4 is 23.5 Å². The second kappa shape index (κ2) is 5.87. The predicted octanol–water partition coefficient (Wildman–Crippen LogP) is 1.41. The first kappa shape index (κ1) is 15.2. The zero-order valence-corrected chi connectivity index (χ0v) is 10.00. The number of carbonyl (C=O) groups excluding carboxylic acids is 1. The number of hydrogen-bond donors (Lipinski definition) is 2. The molecule has 1 aromatic rings. The number of halogens is 4. The third-order valence-electron chi connectivity index (χ3n) is 2.06. The highest BCUT2D eigenvalue weighted by Gasteiger charge is 2.40. The summed E-state index contributed by atoms with van der Waals surface area (Å²) in [5, 5.41) is 10.4. The minimum atomic E-state index is -5.14. The van der Waals surface area contributed by atoms with Crippen LogP contribution in [0.1, 0.15) is 5.56 Å². The van der Waals surface area contributed by atoms with Gasteiger partial charge in [-0.25, -0.2) is 4.79 Å². The van der Waals surface area contributed by atoms with Crippen LogP contribution in [0.25, 0.3) is 0 Å². The number of nitrogens with zero attached hydrogens (tertiary/aromatic N) is 1. The Hall–Kier alpha value is -1.83. The van der Waals surface area contributed by atoms with Gasteiger partial charge >= 0.3 is 18.1 Å². The molecule has 0 fully saturated rings. The SMILES string of the molecule is O=C(O)C(Cc1cncc(Cl)c1)NC(=O)C(F)(F)F. The van der Waals surface area contributed by atoms with Gasteiger partial charge in [0.2, 0.25) is 0 Å². The third kappa shape index (κ3) is 4.74. The molecule has 1 unspecified atom stereocenters. The first-order valence-electron chi connectivity index (χ1n) is 4.90. The second-order valence-corrected chi connectivity index (χ2v) is 4.01. The summed E-state index contributed by atoms with van der Waals surface area (Å²) < 4.78 is 36.1. The van der Waals surface area contributed by atoms with Crippen LogP contribution in [0.2, 0.25) is 5.02 Å². The van der Waals surface area contributed by atoms with E-state index in [0.29, 0.717) is 5.56 Å². The van der Waals surface area contributed by atoms with Crippen LogP contribution in [0.4, 0.5) is 13.2 Å². The molecular formula is C10H8ClF3N2O3. The van der Waals surface area contributed by atoms with Crippen LogP contribution in [0.3, 0.4) is 0 Å². The van der Waals surface area contributed by atoms with Crippen molar-refractivity contribution in [3.63, 3.8) is 0 Å². The summed E-state index contributed by atoms with van der Waals surface area (Å²) >= 11 is 5.61. The number of carboxylic acids is 1. The Morgan fingerprint density at radius 1 is 1.42 bits per heavy atom. The fourth-order valence-electron chi connectivity index (χ4n) is 1.24. The van der Waals surface area contributed by atoms with E-state index < -0.39 is 24.1 Å².